The summed E-state index contributed by atoms with van der Waals surface area (Å²) >= 11 is 0. The molecule has 4 nitrogen and oxygen atoms in total. The Morgan fingerprint density at radius 1 is 0.675 bits per heavy atom. The lowest BCUT2D eigenvalue weighted by molar-refractivity contribution is -0.0212. The van der Waals surface area contributed by atoms with E-state index in [0.717, 1.165) is 58.0 Å². The monoisotopic (exact) mass is 562 g/mol. The molecule has 40 heavy (non-hydrogen) atoms. The average molecular weight is 562 g/mol. The van der Waals surface area contributed by atoms with Gasteiger partial charge < -0.3 is 14.4 Å². The van der Waals surface area contributed by atoms with E-state index in [-0.39, 0.29) is 12.2 Å². The van der Waals surface area contributed by atoms with Gasteiger partial charge in [0.05, 0.1) is 0 Å². The number of hydrogen-bond acceptors (Lipinski definition) is 4. The Kier molecular flexibility index (Phi) is 25.6. The van der Waals surface area contributed by atoms with Crippen LogP contribution in [0.15, 0.2) is 24.3 Å². The van der Waals surface area contributed by atoms with Crippen LogP contribution in [-0.2, 0) is 9.47 Å². The Hall–Kier alpha value is -1.29. The second-order valence-electron chi connectivity index (χ2n) is 12.2. The molecule has 1 atom stereocenters. The van der Waals surface area contributed by atoms with E-state index in [9.17, 15) is 4.79 Å². The first-order valence-corrected chi connectivity index (χ1v) is 17.5. The molecule has 0 radical (unpaired) electrons. The predicted molar refractivity (Wildman–Crippen MR) is 173 cm³/mol. The minimum atomic E-state index is -0.432. The Morgan fingerprint density at radius 2 is 1.12 bits per heavy atom. The Labute approximate surface area is 249 Å². The fraction of sp³-hybridized carbons (Fsp3) is 0.861. The summed E-state index contributed by atoms with van der Waals surface area (Å²) in [6.07, 6.45) is 38.3. The number of rotatable bonds is 26. The predicted octanol–water partition coefficient (Wildman–Crippen LogP) is 11.3. The van der Waals surface area contributed by atoms with E-state index in [2.05, 4.69) is 50.1 Å². The van der Waals surface area contributed by atoms with Crippen LogP contribution in [0.25, 0.3) is 0 Å². The maximum Gasteiger partial charge on any atom is 0.508 e. The summed E-state index contributed by atoms with van der Waals surface area (Å²) in [5, 5.41) is 0. The molecule has 1 rings (SSSR count). The van der Waals surface area contributed by atoms with E-state index < -0.39 is 6.16 Å². The number of allylic oxidation sites excluding steroid dienone is 4. The molecule has 0 bridgehead atoms. The maximum atomic E-state index is 12.6. The first-order valence-electron chi connectivity index (χ1n) is 17.5. The maximum absolute atomic E-state index is 12.6. The Balaban J connectivity index is 2.19. The molecular weight excluding hydrogens is 494 g/mol. The Bertz CT molecular complexity index is 609. The van der Waals surface area contributed by atoms with Crippen molar-refractivity contribution in [2.75, 3.05) is 20.1 Å². The molecule has 1 fully saturated rings. The number of unbranched alkanes of at least 4 members (excludes halogenated alkanes) is 16. The van der Waals surface area contributed by atoms with E-state index in [1.165, 1.54) is 109 Å². The highest BCUT2D eigenvalue weighted by Gasteiger charge is 2.23. The van der Waals surface area contributed by atoms with Crippen LogP contribution in [0.5, 0.6) is 0 Å². The van der Waals surface area contributed by atoms with Crippen molar-refractivity contribution >= 4 is 6.16 Å². The van der Waals surface area contributed by atoms with Gasteiger partial charge in [-0.05, 0) is 77.7 Å². The van der Waals surface area contributed by atoms with Gasteiger partial charge in [-0.25, -0.2) is 4.79 Å². The van der Waals surface area contributed by atoms with Gasteiger partial charge >= 0.3 is 6.16 Å². The van der Waals surface area contributed by atoms with E-state index in [0.29, 0.717) is 0 Å². The van der Waals surface area contributed by atoms with Crippen LogP contribution in [0, 0.1) is 0 Å². The van der Waals surface area contributed by atoms with Crippen LogP contribution in [0.1, 0.15) is 168 Å². The lowest BCUT2D eigenvalue weighted by Gasteiger charge is -2.29. The van der Waals surface area contributed by atoms with Crippen molar-refractivity contribution in [1.29, 1.82) is 0 Å². The molecule has 0 aromatic rings. The van der Waals surface area contributed by atoms with Crippen LogP contribution >= 0.6 is 0 Å². The van der Waals surface area contributed by atoms with Crippen molar-refractivity contribution in [3.63, 3.8) is 0 Å². The number of nitrogens with zero attached hydrogens (tertiary/aromatic N) is 1. The second-order valence-corrected chi connectivity index (χ2v) is 12.2. The highest BCUT2D eigenvalue weighted by atomic mass is 16.7. The number of ether oxygens (including phenoxy) is 2. The average Bonchev–Trinajstić information content (AvgIpc) is 2.95. The van der Waals surface area contributed by atoms with Gasteiger partial charge in [0.1, 0.15) is 12.2 Å². The lowest BCUT2D eigenvalue weighted by Crippen LogP contribution is -2.36. The van der Waals surface area contributed by atoms with Gasteiger partial charge in [0, 0.05) is 13.1 Å². The molecule has 1 heterocycles. The molecule has 0 aromatic heterocycles. The van der Waals surface area contributed by atoms with Crippen molar-refractivity contribution < 1.29 is 14.3 Å². The molecule has 1 unspecified atom stereocenters. The summed E-state index contributed by atoms with van der Waals surface area (Å²) < 4.78 is 11.6. The van der Waals surface area contributed by atoms with Gasteiger partial charge in [0.15, 0.2) is 0 Å². The molecule has 0 N–H and O–H groups in total. The largest absolute Gasteiger partial charge is 0.508 e. The van der Waals surface area contributed by atoms with Gasteiger partial charge in [0.2, 0.25) is 0 Å². The SMILES string of the molecule is CCCCC/C=C\C/C=C\CCCCCCCC(CCCCCCCCCCC)OC(=O)OC1CCN(C)CC1. The van der Waals surface area contributed by atoms with Gasteiger partial charge in [-0.3, -0.25) is 0 Å². The van der Waals surface area contributed by atoms with Crippen LogP contribution in [0.3, 0.4) is 0 Å². The quantitative estimate of drug-likeness (QED) is 0.0598. The van der Waals surface area contributed by atoms with Crippen LogP contribution < -0.4 is 0 Å². The van der Waals surface area contributed by atoms with E-state index >= 15 is 0 Å². The molecule has 0 aliphatic carbocycles. The molecule has 1 saturated heterocycles. The first kappa shape index (κ1) is 36.7. The zero-order chi connectivity index (χ0) is 28.9. The molecule has 1 aliphatic rings. The normalized spacial score (nSPS) is 15.8. The fourth-order valence-corrected chi connectivity index (χ4v) is 5.53. The first-order chi connectivity index (χ1) is 19.7. The third-order valence-corrected chi connectivity index (χ3v) is 8.30. The van der Waals surface area contributed by atoms with Crippen molar-refractivity contribution in [3.8, 4) is 0 Å². The highest BCUT2D eigenvalue weighted by Crippen LogP contribution is 2.19. The number of hydrogen-bond donors (Lipinski definition) is 0. The van der Waals surface area contributed by atoms with Crippen LogP contribution in [0.4, 0.5) is 4.79 Å². The van der Waals surface area contributed by atoms with Crippen molar-refractivity contribution in [3.05, 3.63) is 24.3 Å². The number of piperidine rings is 1. The minimum Gasteiger partial charge on any atom is -0.431 e. The van der Waals surface area contributed by atoms with Gasteiger partial charge in [0.25, 0.3) is 0 Å². The minimum absolute atomic E-state index is 0.0151. The molecule has 0 saturated carbocycles. The Morgan fingerprint density at radius 3 is 1.68 bits per heavy atom. The number of likely N-dealkylation sites (tertiary alicyclic amines) is 1. The fourth-order valence-electron chi connectivity index (χ4n) is 5.53. The van der Waals surface area contributed by atoms with Crippen LogP contribution in [0.2, 0.25) is 0 Å². The van der Waals surface area contributed by atoms with E-state index in [1.807, 2.05) is 0 Å². The van der Waals surface area contributed by atoms with Crippen molar-refractivity contribution in [2.45, 2.75) is 180 Å². The molecule has 4 heteroatoms. The zero-order valence-corrected chi connectivity index (χ0v) is 27.0. The number of carbonyl (C=O) groups excluding carboxylic acids is 1. The van der Waals surface area contributed by atoms with Gasteiger partial charge in [-0.15, -0.1) is 0 Å². The summed E-state index contributed by atoms with van der Waals surface area (Å²) in [5.74, 6) is 0. The molecule has 0 aromatic carbocycles. The molecule has 0 amide bonds. The summed E-state index contributed by atoms with van der Waals surface area (Å²) in [6, 6.07) is 0. The topological polar surface area (TPSA) is 38.8 Å². The van der Waals surface area contributed by atoms with Gasteiger partial charge in [-0.2, -0.15) is 0 Å². The summed E-state index contributed by atoms with van der Waals surface area (Å²) in [4.78, 5) is 14.8. The van der Waals surface area contributed by atoms with E-state index in [4.69, 9.17) is 9.47 Å². The molecule has 1 aliphatic heterocycles. The third kappa shape index (κ3) is 23.4. The van der Waals surface area contributed by atoms with Crippen LogP contribution in [-0.4, -0.2) is 43.4 Å². The third-order valence-electron chi connectivity index (χ3n) is 8.30. The number of carbonyl (C=O) groups is 1. The summed E-state index contributed by atoms with van der Waals surface area (Å²) in [5.41, 5.74) is 0. The second kappa shape index (κ2) is 27.9. The molecule has 234 valence electrons. The smallest absolute Gasteiger partial charge is 0.431 e. The highest BCUT2D eigenvalue weighted by molar-refractivity contribution is 5.60. The zero-order valence-electron chi connectivity index (χ0n) is 27.0. The van der Waals surface area contributed by atoms with Gasteiger partial charge in [-0.1, -0.05) is 122 Å². The summed E-state index contributed by atoms with van der Waals surface area (Å²) in [7, 11) is 2.13. The molecular formula is C36H67NO3. The van der Waals surface area contributed by atoms with Crippen molar-refractivity contribution in [2.24, 2.45) is 0 Å². The standard InChI is InChI=1S/C36H67NO3/c1-4-6-8-10-12-14-15-16-17-18-19-21-23-25-27-29-34(28-26-24-22-20-13-11-9-7-5-2)39-36(38)40-35-30-32-37(3)33-31-35/h12,14,16-17,34-35H,4-11,13,15,18-33H2,1-3H3/b14-12-,17-16-. The summed E-state index contributed by atoms with van der Waals surface area (Å²) in [6.45, 7) is 6.52. The molecule has 0 spiro atoms. The lowest BCUT2D eigenvalue weighted by atomic mass is 10.0. The van der Waals surface area contributed by atoms with Crippen molar-refractivity contribution in [1.82, 2.24) is 4.90 Å². The van der Waals surface area contributed by atoms with E-state index in [1.54, 1.807) is 0 Å².